The fraction of sp³-hybridized carbons (Fsp3) is 0. The zero-order chi connectivity index (χ0) is 16.7. The van der Waals surface area contributed by atoms with Gasteiger partial charge in [-0.05, 0) is 0 Å². The Hall–Kier alpha value is -1.27. The van der Waals surface area contributed by atoms with Crippen molar-refractivity contribution in [3.63, 3.8) is 0 Å². The Kier molecular flexibility index (Phi) is 4.43. The van der Waals surface area contributed by atoms with Crippen molar-refractivity contribution >= 4 is 48.0 Å². The Morgan fingerprint density at radius 3 is 1.33 bits per heavy atom. The van der Waals surface area contributed by atoms with E-state index in [-0.39, 0.29) is 0 Å². The molecule has 0 heterocycles. The molecule has 0 spiro atoms. The second kappa shape index (κ2) is 6.56. The fourth-order valence-electron chi connectivity index (χ4n) is 3.11. The van der Waals surface area contributed by atoms with Gasteiger partial charge in [-0.25, -0.2) is 0 Å². The Balaban J connectivity index is 1.99. The van der Waals surface area contributed by atoms with Gasteiger partial charge in [-0.3, -0.25) is 0 Å². The number of hydrogen-bond donors (Lipinski definition) is 0. The summed E-state index contributed by atoms with van der Waals surface area (Å²) in [6, 6.07) is 24.8. The van der Waals surface area contributed by atoms with E-state index in [2.05, 4.69) is 48.5 Å². The molecular formula is C21H12Cl2Zr+2. The first-order valence-electron chi connectivity index (χ1n) is 7.60. The van der Waals surface area contributed by atoms with Gasteiger partial charge in [0.1, 0.15) is 0 Å². The van der Waals surface area contributed by atoms with Crippen molar-refractivity contribution in [3.8, 4) is 0 Å². The van der Waals surface area contributed by atoms with Crippen molar-refractivity contribution in [3.05, 3.63) is 94.0 Å². The first-order valence-corrected chi connectivity index (χ1v) is 9.59. The summed E-state index contributed by atoms with van der Waals surface area (Å²) in [5, 5.41) is 6.15. The van der Waals surface area contributed by atoms with Crippen molar-refractivity contribution in [1.29, 1.82) is 0 Å². The van der Waals surface area contributed by atoms with Gasteiger partial charge in [0.15, 0.2) is 0 Å². The first-order chi connectivity index (χ1) is 11.7. The zero-order valence-corrected chi connectivity index (χ0v) is 16.7. The molecule has 4 aromatic carbocycles. The molecule has 0 atom stereocenters. The van der Waals surface area contributed by atoms with Crippen LogP contribution in [-0.2, 0) is 24.2 Å². The molecule has 0 fully saturated rings. The van der Waals surface area contributed by atoms with Crippen LogP contribution in [0.5, 0.6) is 0 Å². The molecule has 0 aliphatic heterocycles. The number of hydrogen-bond acceptors (Lipinski definition) is 0. The second-order valence-electron chi connectivity index (χ2n) is 5.66. The van der Waals surface area contributed by atoms with Gasteiger partial charge in [0, 0.05) is 0 Å². The molecule has 0 saturated heterocycles. The summed E-state index contributed by atoms with van der Waals surface area (Å²) in [5.41, 5.74) is 2.47. The summed E-state index contributed by atoms with van der Waals surface area (Å²) in [5.74, 6) is 0. The van der Waals surface area contributed by atoms with Gasteiger partial charge in [-0.15, -0.1) is 0 Å². The molecule has 112 valence electrons. The van der Waals surface area contributed by atoms with Crippen LogP contribution in [0.2, 0.25) is 10.0 Å². The van der Waals surface area contributed by atoms with Crippen molar-refractivity contribution < 1.29 is 24.2 Å². The minimum absolute atomic E-state index is 0.791. The third-order valence-corrected chi connectivity index (χ3v) is 6.26. The Labute approximate surface area is 165 Å². The molecule has 0 aromatic heterocycles. The molecule has 3 heteroatoms. The monoisotopic (exact) mass is 424 g/mol. The van der Waals surface area contributed by atoms with Crippen LogP contribution in [0, 0.1) is 0 Å². The van der Waals surface area contributed by atoms with E-state index < -0.39 is 0 Å². The van der Waals surface area contributed by atoms with E-state index in [9.17, 15) is 0 Å². The van der Waals surface area contributed by atoms with E-state index >= 15 is 0 Å². The molecule has 0 amide bonds. The van der Waals surface area contributed by atoms with Crippen LogP contribution < -0.4 is 0 Å². The van der Waals surface area contributed by atoms with Crippen LogP contribution in [0.15, 0.2) is 72.8 Å². The van der Waals surface area contributed by atoms with Crippen molar-refractivity contribution in [2.24, 2.45) is 0 Å². The molecule has 0 N–H and O–H groups in total. The predicted octanol–water partition coefficient (Wildman–Crippen LogP) is 6.42. The summed E-state index contributed by atoms with van der Waals surface area (Å²) in [6.07, 6.45) is 0. The predicted molar refractivity (Wildman–Crippen MR) is 101 cm³/mol. The van der Waals surface area contributed by atoms with Gasteiger partial charge in [0.25, 0.3) is 0 Å². The zero-order valence-electron chi connectivity index (χ0n) is 12.7. The van der Waals surface area contributed by atoms with E-state index in [1.807, 2.05) is 24.3 Å². The molecule has 0 radical (unpaired) electrons. The fourth-order valence-corrected chi connectivity index (χ4v) is 4.63. The van der Waals surface area contributed by atoms with E-state index in [4.69, 9.17) is 23.2 Å². The molecule has 0 aliphatic rings. The number of fused-ring (bicyclic) bond motifs is 2. The van der Waals surface area contributed by atoms with Gasteiger partial charge in [0.2, 0.25) is 0 Å². The van der Waals surface area contributed by atoms with Crippen LogP contribution in [0.1, 0.15) is 11.1 Å². The Morgan fingerprint density at radius 2 is 0.917 bits per heavy atom. The molecule has 0 unspecified atom stereocenters. The maximum absolute atomic E-state index is 6.38. The Bertz CT molecular complexity index is 1010. The van der Waals surface area contributed by atoms with Crippen molar-refractivity contribution in [1.82, 2.24) is 0 Å². The van der Waals surface area contributed by atoms with E-state index in [1.165, 1.54) is 49.3 Å². The average Bonchev–Trinajstić information content (AvgIpc) is 2.62. The Morgan fingerprint density at radius 1 is 0.542 bits per heavy atom. The number of rotatable bonds is 2. The quantitative estimate of drug-likeness (QED) is 0.347. The van der Waals surface area contributed by atoms with E-state index in [0.717, 1.165) is 20.8 Å². The second-order valence-corrected chi connectivity index (χ2v) is 7.70. The summed E-state index contributed by atoms with van der Waals surface area (Å²) in [4.78, 5) is 0. The topological polar surface area (TPSA) is 0 Å². The molecule has 4 aromatic rings. The van der Waals surface area contributed by atoms with Crippen LogP contribution >= 0.6 is 23.2 Å². The molecule has 4 rings (SSSR count). The van der Waals surface area contributed by atoms with E-state index in [1.54, 1.807) is 0 Å². The van der Waals surface area contributed by atoms with Crippen LogP contribution in [-0.4, -0.2) is 3.21 Å². The average molecular weight is 426 g/mol. The van der Waals surface area contributed by atoms with Crippen LogP contribution in [0.3, 0.4) is 0 Å². The normalized spacial score (nSPS) is 11.2. The summed E-state index contributed by atoms with van der Waals surface area (Å²) >= 11 is 14.1. The van der Waals surface area contributed by atoms with Gasteiger partial charge >= 0.3 is 166 Å². The van der Waals surface area contributed by atoms with Gasteiger partial charge in [0.05, 0.1) is 0 Å². The van der Waals surface area contributed by atoms with Crippen LogP contribution in [0.25, 0.3) is 21.5 Å². The first kappa shape index (κ1) is 16.2. The molecule has 0 nitrogen and oxygen atoms in total. The number of halogens is 2. The summed E-state index contributed by atoms with van der Waals surface area (Å²) in [7, 11) is 0. The molecule has 24 heavy (non-hydrogen) atoms. The van der Waals surface area contributed by atoms with E-state index in [0.29, 0.717) is 0 Å². The van der Waals surface area contributed by atoms with Crippen LogP contribution in [0.4, 0.5) is 0 Å². The van der Waals surface area contributed by atoms with Gasteiger partial charge in [-0.2, -0.15) is 0 Å². The summed E-state index contributed by atoms with van der Waals surface area (Å²) < 4.78 is 1.31. The third kappa shape index (κ3) is 2.69. The summed E-state index contributed by atoms with van der Waals surface area (Å²) in [6.45, 7) is 0. The number of benzene rings is 4. The molecule has 0 aliphatic carbocycles. The minimum atomic E-state index is 0.791. The molecular weight excluding hydrogens is 414 g/mol. The van der Waals surface area contributed by atoms with Crippen molar-refractivity contribution in [2.75, 3.05) is 0 Å². The third-order valence-electron chi connectivity index (χ3n) is 4.28. The SMILES string of the molecule is Clc1ccc([C](=[Zr+2])c2ccc(Cl)c3ccccc23)c2ccccc12. The standard InChI is InChI=1S/C21H12Cl2.Zr/c22-20-11-9-14(16-5-1-3-7-18(16)20)13-15-10-12-21(23)19-8-4-2-6-17(15)19;/h1-12H;/q;+2. The molecule has 0 saturated carbocycles. The van der Waals surface area contributed by atoms with Gasteiger partial charge < -0.3 is 0 Å². The maximum atomic E-state index is 6.38. The molecule has 0 bridgehead atoms. The van der Waals surface area contributed by atoms with Crippen molar-refractivity contribution in [2.45, 2.75) is 0 Å². The van der Waals surface area contributed by atoms with Gasteiger partial charge in [-0.1, -0.05) is 0 Å².